The molecule has 0 unspecified atom stereocenters. The maximum Gasteiger partial charge on any atom is 0.333 e. The summed E-state index contributed by atoms with van der Waals surface area (Å²) in [6.45, 7) is -0.133. The first kappa shape index (κ1) is 16.5. The van der Waals surface area contributed by atoms with Crippen LogP contribution in [0.3, 0.4) is 0 Å². The summed E-state index contributed by atoms with van der Waals surface area (Å²) in [4.78, 5) is 29.3. The lowest BCUT2D eigenvalue weighted by molar-refractivity contribution is 0.386. The van der Waals surface area contributed by atoms with Gasteiger partial charge in [0.15, 0.2) is 22.7 Å². The molecule has 3 rings (SSSR count). The van der Waals surface area contributed by atoms with Gasteiger partial charge in [0.1, 0.15) is 5.82 Å². The SMILES string of the molecule is C#CCn1c(=O)c2c(nc(-c3ccc(F)c(OC)c3)n2C)n(C)c1=O. The van der Waals surface area contributed by atoms with Crippen LogP contribution in [0.5, 0.6) is 5.75 Å². The Labute approximate surface area is 141 Å². The van der Waals surface area contributed by atoms with E-state index in [4.69, 9.17) is 11.2 Å². The molecule has 0 spiro atoms. The molecule has 1 aromatic carbocycles. The normalized spacial score (nSPS) is 10.8. The van der Waals surface area contributed by atoms with E-state index in [2.05, 4.69) is 10.9 Å². The molecule has 8 heteroatoms. The second-order valence-electron chi connectivity index (χ2n) is 5.45. The van der Waals surface area contributed by atoms with Gasteiger partial charge in [0, 0.05) is 19.7 Å². The van der Waals surface area contributed by atoms with Crippen LogP contribution in [-0.4, -0.2) is 25.8 Å². The summed E-state index contributed by atoms with van der Waals surface area (Å²) in [7, 11) is 4.52. The summed E-state index contributed by atoms with van der Waals surface area (Å²) in [5, 5.41) is 0. The summed E-state index contributed by atoms with van der Waals surface area (Å²) in [5.74, 6) is 2.25. The number of imidazole rings is 1. The van der Waals surface area contributed by atoms with Gasteiger partial charge >= 0.3 is 5.69 Å². The summed E-state index contributed by atoms with van der Waals surface area (Å²) in [5.41, 5.74) is -0.0600. The van der Waals surface area contributed by atoms with Crippen LogP contribution >= 0.6 is 0 Å². The van der Waals surface area contributed by atoms with E-state index in [1.165, 1.54) is 36.9 Å². The summed E-state index contributed by atoms with van der Waals surface area (Å²) < 4.78 is 22.4. The van der Waals surface area contributed by atoms with Crippen molar-refractivity contribution < 1.29 is 9.13 Å². The fourth-order valence-corrected chi connectivity index (χ4v) is 2.73. The second-order valence-corrected chi connectivity index (χ2v) is 5.45. The minimum atomic E-state index is -0.545. The van der Waals surface area contributed by atoms with E-state index >= 15 is 0 Å². The third-order valence-electron chi connectivity index (χ3n) is 4.02. The van der Waals surface area contributed by atoms with Gasteiger partial charge in [-0.1, -0.05) is 5.92 Å². The van der Waals surface area contributed by atoms with Crippen molar-refractivity contribution >= 4 is 11.2 Å². The number of nitrogens with zero attached hydrogens (tertiary/aromatic N) is 4. The van der Waals surface area contributed by atoms with E-state index in [1.54, 1.807) is 11.6 Å². The molecule has 2 aromatic heterocycles. The van der Waals surface area contributed by atoms with Gasteiger partial charge in [-0.15, -0.1) is 6.42 Å². The lowest BCUT2D eigenvalue weighted by Gasteiger charge is -2.06. The molecule has 0 amide bonds. The van der Waals surface area contributed by atoms with Crippen molar-refractivity contribution in [1.29, 1.82) is 0 Å². The number of halogens is 1. The van der Waals surface area contributed by atoms with Crippen molar-refractivity contribution in [2.45, 2.75) is 6.54 Å². The molecule has 0 saturated heterocycles. The van der Waals surface area contributed by atoms with E-state index in [1.807, 2.05) is 0 Å². The Morgan fingerprint density at radius 1 is 1.28 bits per heavy atom. The Bertz CT molecular complexity index is 1150. The molecule has 0 fully saturated rings. The molecule has 0 radical (unpaired) electrons. The monoisotopic (exact) mass is 342 g/mol. The molecular formula is C17H15FN4O3. The van der Waals surface area contributed by atoms with Crippen LogP contribution in [0.1, 0.15) is 0 Å². The largest absolute Gasteiger partial charge is 0.494 e. The van der Waals surface area contributed by atoms with Crippen LogP contribution in [0.4, 0.5) is 4.39 Å². The third-order valence-corrected chi connectivity index (χ3v) is 4.02. The van der Waals surface area contributed by atoms with Crippen LogP contribution in [0.2, 0.25) is 0 Å². The number of fused-ring (bicyclic) bond motifs is 1. The molecule has 128 valence electrons. The average Bonchev–Trinajstić information content (AvgIpc) is 2.95. The van der Waals surface area contributed by atoms with Crippen molar-refractivity contribution in [3.63, 3.8) is 0 Å². The first-order valence-electron chi connectivity index (χ1n) is 7.34. The van der Waals surface area contributed by atoms with Crippen molar-refractivity contribution in [2.24, 2.45) is 14.1 Å². The number of terminal acetylenes is 1. The van der Waals surface area contributed by atoms with Gasteiger partial charge in [-0.25, -0.2) is 18.7 Å². The van der Waals surface area contributed by atoms with Crippen LogP contribution in [0, 0.1) is 18.2 Å². The minimum Gasteiger partial charge on any atom is -0.494 e. The number of benzene rings is 1. The Morgan fingerprint density at radius 3 is 2.64 bits per heavy atom. The Kier molecular flexibility index (Phi) is 3.93. The summed E-state index contributed by atoms with van der Waals surface area (Å²) >= 11 is 0. The van der Waals surface area contributed by atoms with Crippen LogP contribution in [-0.2, 0) is 20.6 Å². The quantitative estimate of drug-likeness (QED) is 0.663. The molecule has 0 bridgehead atoms. The van der Waals surface area contributed by atoms with Gasteiger partial charge in [-0.3, -0.25) is 9.36 Å². The average molecular weight is 342 g/mol. The number of hydrogen-bond donors (Lipinski definition) is 0. The number of aryl methyl sites for hydroxylation is 2. The molecular weight excluding hydrogens is 327 g/mol. The lowest BCUT2D eigenvalue weighted by atomic mass is 10.2. The number of hydrogen-bond acceptors (Lipinski definition) is 4. The zero-order chi connectivity index (χ0) is 18.3. The molecule has 0 aliphatic heterocycles. The first-order valence-corrected chi connectivity index (χ1v) is 7.34. The van der Waals surface area contributed by atoms with Gasteiger partial charge in [0.25, 0.3) is 5.56 Å². The smallest absolute Gasteiger partial charge is 0.333 e. The minimum absolute atomic E-state index is 0.0585. The van der Waals surface area contributed by atoms with Crippen molar-refractivity contribution in [1.82, 2.24) is 18.7 Å². The number of methoxy groups -OCH3 is 1. The highest BCUT2D eigenvalue weighted by Gasteiger charge is 2.19. The zero-order valence-electron chi connectivity index (χ0n) is 13.9. The molecule has 2 heterocycles. The Hall–Kier alpha value is -3.34. The summed E-state index contributed by atoms with van der Waals surface area (Å²) in [6.07, 6.45) is 5.24. The van der Waals surface area contributed by atoms with E-state index in [0.717, 1.165) is 4.57 Å². The third kappa shape index (κ3) is 2.41. The molecule has 0 atom stereocenters. The van der Waals surface area contributed by atoms with Crippen LogP contribution in [0.25, 0.3) is 22.6 Å². The molecule has 0 aliphatic carbocycles. The molecule has 0 aliphatic rings. The highest BCUT2D eigenvalue weighted by molar-refractivity contribution is 5.77. The molecule has 3 aromatic rings. The maximum absolute atomic E-state index is 13.6. The molecule has 7 nitrogen and oxygen atoms in total. The fourth-order valence-electron chi connectivity index (χ4n) is 2.73. The fraction of sp³-hybridized carbons (Fsp3) is 0.235. The van der Waals surface area contributed by atoms with E-state index < -0.39 is 17.1 Å². The van der Waals surface area contributed by atoms with Gasteiger partial charge in [-0.2, -0.15) is 0 Å². The molecule has 0 N–H and O–H groups in total. The van der Waals surface area contributed by atoms with Gasteiger partial charge in [0.2, 0.25) is 0 Å². The first-order chi connectivity index (χ1) is 11.9. The van der Waals surface area contributed by atoms with Crippen molar-refractivity contribution in [3.05, 3.63) is 44.9 Å². The van der Waals surface area contributed by atoms with Crippen LogP contribution in [0.15, 0.2) is 27.8 Å². The highest BCUT2D eigenvalue weighted by atomic mass is 19.1. The summed E-state index contributed by atoms with van der Waals surface area (Å²) in [6, 6.07) is 4.26. The van der Waals surface area contributed by atoms with E-state index in [9.17, 15) is 14.0 Å². The van der Waals surface area contributed by atoms with Gasteiger partial charge in [0.05, 0.1) is 13.7 Å². The van der Waals surface area contributed by atoms with Crippen molar-refractivity contribution in [3.8, 4) is 29.5 Å². The lowest BCUT2D eigenvalue weighted by Crippen LogP contribution is -2.39. The predicted molar refractivity (Wildman–Crippen MR) is 91.0 cm³/mol. The molecule has 25 heavy (non-hydrogen) atoms. The Morgan fingerprint density at radius 2 is 2.00 bits per heavy atom. The second kappa shape index (κ2) is 5.94. The van der Waals surface area contributed by atoms with Gasteiger partial charge in [-0.05, 0) is 18.2 Å². The number of aromatic nitrogens is 4. The van der Waals surface area contributed by atoms with Crippen molar-refractivity contribution in [2.75, 3.05) is 7.11 Å². The topological polar surface area (TPSA) is 71.1 Å². The maximum atomic E-state index is 13.6. The standard InChI is InChI=1S/C17H15FN4O3/c1-5-8-22-16(23)13-15(21(3)17(22)24)19-14(20(13)2)10-6-7-11(18)12(9-10)25-4/h1,6-7,9H,8H2,2-4H3. The predicted octanol–water partition coefficient (Wildman–Crippen LogP) is 0.882. The zero-order valence-corrected chi connectivity index (χ0v) is 13.9. The highest BCUT2D eigenvalue weighted by Crippen LogP contribution is 2.26. The Balaban J connectivity index is 2.37. The van der Waals surface area contributed by atoms with Gasteiger partial charge < -0.3 is 9.30 Å². The number of ether oxygens (including phenoxy) is 1. The van der Waals surface area contributed by atoms with E-state index in [-0.39, 0.29) is 23.5 Å². The number of rotatable bonds is 3. The van der Waals surface area contributed by atoms with Crippen LogP contribution < -0.4 is 16.0 Å². The molecule has 0 saturated carbocycles. The van der Waals surface area contributed by atoms with E-state index in [0.29, 0.717) is 11.4 Å².